The lowest BCUT2D eigenvalue weighted by molar-refractivity contribution is 0.465. The Bertz CT molecular complexity index is 828. The maximum Gasteiger partial charge on any atom is 0.283 e. The van der Waals surface area contributed by atoms with Gasteiger partial charge < -0.3 is 4.42 Å². The Hall–Kier alpha value is -2.36. The third kappa shape index (κ3) is 2.89. The van der Waals surface area contributed by atoms with Crippen LogP contribution in [0.4, 0.5) is 0 Å². The highest BCUT2D eigenvalue weighted by Crippen LogP contribution is 2.31. The van der Waals surface area contributed by atoms with Crippen molar-refractivity contribution in [3.63, 3.8) is 0 Å². The minimum Gasteiger partial charge on any atom is -0.411 e. The largest absolute Gasteiger partial charge is 0.411 e. The van der Waals surface area contributed by atoms with Crippen molar-refractivity contribution in [2.24, 2.45) is 0 Å². The van der Waals surface area contributed by atoms with Gasteiger partial charge in [0.05, 0.1) is 16.1 Å². The van der Waals surface area contributed by atoms with E-state index in [1.807, 2.05) is 12.1 Å². The first-order valence-electron chi connectivity index (χ1n) is 5.89. The third-order valence-corrected chi connectivity index (χ3v) is 3.77. The van der Waals surface area contributed by atoms with Gasteiger partial charge in [-0.05, 0) is 36.0 Å². The monoisotopic (exact) mass is 314 g/mol. The zero-order valence-electron chi connectivity index (χ0n) is 10.5. The van der Waals surface area contributed by atoms with Gasteiger partial charge in [0.15, 0.2) is 0 Å². The van der Waals surface area contributed by atoms with Crippen molar-refractivity contribution in [2.45, 2.75) is 10.2 Å². The van der Waals surface area contributed by atoms with Gasteiger partial charge in [-0.3, -0.25) is 0 Å². The van der Waals surface area contributed by atoms with Crippen LogP contribution >= 0.6 is 23.4 Å². The first-order chi connectivity index (χ1) is 10.3. The number of rotatable bonds is 3. The molecule has 0 radical (unpaired) electrons. The number of nitrogens with zero attached hydrogens (tertiary/aromatic N) is 4. The molecule has 0 spiro atoms. The summed E-state index contributed by atoms with van der Waals surface area (Å²) in [6, 6.07) is 12.7. The zero-order valence-corrected chi connectivity index (χ0v) is 12.1. The van der Waals surface area contributed by atoms with Crippen molar-refractivity contribution in [3.05, 3.63) is 53.2 Å². The Balaban J connectivity index is 1.90. The fourth-order valence-electron chi connectivity index (χ4n) is 1.63. The molecule has 3 rings (SSSR count). The molecule has 0 saturated heterocycles. The second-order valence-electron chi connectivity index (χ2n) is 3.92. The minimum atomic E-state index is 0.306. The Morgan fingerprint density at radius 1 is 1.14 bits per heavy atom. The Kier molecular flexibility index (Phi) is 3.86. The van der Waals surface area contributed by atoms with Crippen LogP contribution in [0, 0.1) is 11.3 Å². The normalized spacial score (nSPS) is 10.3. The number of aromatic nitrogens is 3. The van der Waals surface area contributed by atoms with Crippen molar-refractivity contribution in [2.75, 3.05) is 0 Å². The maximum absolute atomic E-state index is 9.03. The first kappa shape index (κ1) is 13.6. The highest BCUT2D eigenvalue weighted by molar-refractivity contribution is 7.99. The van der Waals surface area contributed by atoms with E-state index in [1.54, 1.807) is 30.5 Å². The molecule has 102 valence electrons. The molecular formula is C14H7ClN4OS. The van der Waals surface area contributed by atoms with E-state index in [0.29, 0.717) is 32.3 Å². The van der Waals surface area contributed by atoms with E-state index in [2.05, 4.69) is 21.3 Å². The van der Waals surface area contributed by atoms with Crippen molar-refractivity contribution >= 4 is 23.4 Å². The summed E-state index contributed by atoms with van der Waals surface area (Å²) in [5.74, 6) is 0.331. The highest BCUT2D eigenvalue weighted by atomic mass is 35.5. The summed E-state index contributed by atoms with van der Waals surface area (Å²) in [6.07, 6.45) is 1.61. The van der Waals surface area contributed by atoms with Gasteiger partial charge in [0.1, 0.15) is 11.1 Å². The molecule has 0 aliphatic carbocycles. The van der Waals surface area contributed by atoms with Gasteiger partial charge in [-0.2, -0.15) is 5.26 Å². The van der Waals surface area contributed by atoms with Crippen LogP contribution in [0.25, 0.3) is 11.5 Å². The molecule has 0 fully saturated rings. The minimum absolute atomic E-state index is 0.306. The quantitative estimate of drug-likeness (QED) is 0.731. The van der Waals surface area contributed by atoms with Gasteiger partial charge in [0.2, 0.25) is 5.89 Å². The van der Waals surface area contributed by atoms with E-state index in [9.17, 15) is 0 Å². The smallest absolute Gasteiger partial charge is 0.283 e. The Labute approximate surface area is 129 Å². The second kappa shape index (κ2) is 5.95. The molecule has 1 aromatic carbocycles. The van der Waals surface area contributed by atoms with Crippen LogP contribution in [0.15, 0.2) is 57.3 Å². The van der Waals surface area contributed by atoms with Crippen LogP contribution in [-0.4, -0.2) is 15.2 Å². The Morgan fingerprint density at radius 3 is 2.81 bits per heavy atom. The van der Waals surface area contributed by atoms with Crippen molar-refractivity contribution in [3.8, 4) is 17.5 Å². The van der Waals surface area contributed by atoms with E-state index in [0.717, 1.165) is 11.8 Å². The summed E-state index contributed by atoms with van der Waals surface area (Å²) in [4.78, 5) is 4.13. The molecule has 0 amide bonds. The van der Waals surface area contributed by atoms with Crippen molar-refractivity contribution in [1.29, 1.82) is 5.26 Å². The lowest BCUT2D eigenvalue weighted by atomic mass is 10.2. The van der Waals surface area contributed by atoms with Crippen LogP contribution in [0.5, 0.6) is 0 Å². The summed E-state index contributed by atoms with van der Waals surface area (Å²) < 4.78 is 5.56. The molecule has 21 heavy (non-hydrogen) atoms. The molecule has 2 aromatic heterocycles. The van der Waals surface area contributed by atoms with Crippen molar-refractivity contribution in [1.82, 2.24) is 15.2 Å². The fraction of sp³-hybridized carbons (Fsp3) is 0. The average Bonchev–Trinajstić information content (AvgIpc) is 2.96. The summed E-state index contributed by atoms with van der Waals surface area (Å²) >= 11 is 7.23. The average molecular weight is 315 g/mol. The molecule has 3 aromatic rings. The molecule has 0 saturated carbocycles. The predicted octanol–water partition coefficient (Wildman–Crippen LogP) is 3.81. The predicted molar refractivity (Wildman–Crippen MR) is 77.8 cm³/mol. The number of pyridine rings is 1. The molecule has 0 atom stereocenters. The summed E-state index contributed by atoms with van der Waals surface area (Å²) in [5.41, 5.74) is 1.13. The van der Waals surface area contributed by atoms with Crippen LogP contribution in [0.2, 0.25) is 5.02 Å². The van der Waals surface area contributed by atoms with E-state index in [4.69, 9.17) is 21.3 Å². The molecule has 7 heteroatoms. The number of halogens is 1. The fourth-order valence-corrected chi connectivity index (χ4v) is 2.56. The standard InChI is InChI=1S/C14H7ClN4OS/c15-11-6-2-1-5-10(11)12-18-19-14(20-12)21-13-9(8-16)4-3-7-17-13/h1-7H. The maximum atomic E-state index is 9.03. The molecule has 2 heterocycles. The van der Waals surface area contributed by atoms with Crippen LogP contribution in [-0.2, 0) is 0 Å². The first-order valence-corrected chi connectivity index (χ1v) is 7.09. The molecule has 0 bridgehead atoms. The van der Waals surface area contributed by atoms with Crippen LogP contribution in [0.3, 0.4) is 0 Å². The van der Waals surface area contributed by atoms with E-state index < -0.39 is 0 Å². The van der Waals surface area contributed by atoms with Gasteiger partial charge in [0.25, 0.3) is 5.22 Å². The van der Waals surface area contributed by atoms with E-state index in [-0.39, 0.29) is 0 Å². The van der Waals surface area contributed by atoms with Gasteiger partial charge in [-0.15, -0.1) is 10.2 Å². The van der Waals surface area contributed by atoms with Gasteiger partial charge in [-0.25, -0.2) is 4.98 Å². The van der Waals surface area contributed by atoms with Crippen LogP contribution < -0.4 is 0 Å². The topological polar surface area (TPSA) is 75.6 Å². The summed E-state index contributed by atoms with van der Waals surface area (Å²) in [6.45, 7) is 0. The molecule has 0 N–H and O–H groups in total. The summed E-state index contributed by atoms with van der Waals surface area (Å²) in [7, 11) is 0. The Morgan fingerprint density at radius 2 is 2.00 bits per heavy atom. The highest BCUT2D eigenvalue weighted by Gasteiger charge is 2.14. The molecular weight excluding hydrogens is 308 g/mol. The molecule has 0 unspecified atom stereocenters. The third-order valence-electron chi connectivity index (χ3n) is 2.59. The number of hydrogen-bond acceptors (Lipinski definition) is 6. The zero-order chi connectivity index (χ0) is 14.7. The summed E-state index contributed by atoms with van der Waals surface area (Å²) in [5, 5.41) is 18.3. The molecule has 0 aliphatic rings. The molecule has 5 nitrogen and oxygen atoms in total. The lowest BCUT2D eigenvalue weighted by Crippen LogP contribution is -1.85. The van der Waals surface area contributed by atoms with Gasteiger partial charge >= 0.3 is 0 Å². The number of nitriles is 1. The number of hydrogen-bond donors (Lipinski definition) is 0. The van der Waals surface area contributed by atoms with Gasteiger partial charge in [0, 0.05) is 6.20 Å². The van der Waals surface area contributed by atoms with Crippen molar-refractivity contribution < 1.29 is 4.42 Å². The van der Waals surface area contributed by atoms with E-state index in [1.165, 1.54) is 0 Å². The van der Waals surface area contributed by atoms with Crippen LogP contribution in [0.1, 0.15) is 5.56 Å². The lowest BCUT2D eigenvalue weighted by Gasteiger charge is -1.98. The molecule has 0 aliphatic heterocycles. The number of benzene rings is 1. The van der Waals surface area contributed by atoms with E-state index >= 15 is 0 Å². The SMILES string of the molecule is N#Cc1cccnc1Sc1nnc(-c2ccccc2Cl)o1. The van der Waals surface area contributed by atoms with Gasteiger partial charge in [-0.1, -0.05) is 23.7 Å². The second-order valence-corrected chi connectivity index (χ2v) is 5.27.